The van der Waals surface area contributed by atoms with Crippen LogP contribution in [0.25, 0.3) is 0 Å². The van der Waals surface area contributed by atoms with Gasteiger partial charge >= 0.3 is 0 Å². The van der Waals surface area contributed by atoms with Crippen molar-refractivity contribution in [3.63, 3.8) is 0 Å². The summed E-state index contributed by atoms with van der Waals surface area (Å²) in [4.78, 5) is 4.06. The minimum absolute atomic E-state index is 0.0594. The summed E-state index contributed by atoms with van der Waals surface area (Å²) in [6, 6.07) is 6.52. The predicted octanol–water partition coefficient (Wildman–Crippen LogP) is 3.04. The zero-order chi connectivity index (χ0) is 13.8. The topological polar surface area (TPSA) is 48.1 Å². The average molecular weight is 264 g/mol. The fourth-order valence-corrected chi connectivity index (χ4v) is 1.72. The number of pyridine rings is 1. The van der Waals surface area contributed by atoms with Crippen molar-refractivity contribution in [3.05, 3.63) is 53.7 Å². The molecule has 1 heterocycles. The summed E-state index contributed by atoms with van der Waals surface area (Å²) in [7, 11) is 0. The largest absolute Gasteiger partial charge is 0.439 e. The Balaban J connectivity index is 2.27. The van der Waals surface area contributed by atoms with E-state index in [1.54, 1.807) is 12.3 Å². The molecule has 0 aliphatic rings. The molecule has 2 N–H and O–H groups in total. The molecule has 1 aromatic heterocycles. The highest BCUT2D eigenvalue weighted by molar-refractivity contribution is 5.33. The molecule has 100 valence electrons. The van der Waals surface area contributed by atoms with E-state index in [0.717, 1.165) is 23.8 Å². The van der Waals surface area contributed by atoms with E-state index in [2.05, 4.69) is 4.98 Å². The molecule has 1 unspecified atom stereocenters. The third-order valence-corrected chi connectivity index (χ3v) is 2.44. The Morgan fingerprint density at radius 2 is 1.95 bits per heavy atom. The van der Waals surface area contributed by atoms with Gasteiger partial charge in [0, 0.05) is 36.0 Å². The fraction of sp³-hybridized carbons (Fsp3) is 0.214. The van der Waals surface area contributed by atoms with Crippen molar-refractivity contribution in [1.29, 1.82) is 0 Å². The van der Waals surface area contributed by atoms with Crippen LogP contribution in [0.2, 0.25) is 0 Å². The zero-order valence-electron chi connectivity index (χ0n) is 10.4. The van der Waals surface area contributed by atoms with Crippen molar-refractivity contribution < 1.29 is 13.5 Å². The minimum Gasteiger partial charge on any atom is -0.439 e. The first-order chi connectivity index (χ1) is 9.04. The molecule has 3 nitrogen and oxygen atoms in total. The average Bonchev–Trinajstić information content (AvgIpc) is 2.29. The highest BCUT2D eigenvalue weighted by Gasteiger charge is 2.09. The standard InChI is InChI=1S/C14H14F2N2O/c1-9(17)5-10-3-2-4-18-14(10)19-13-7-11(15)6-12(16)8-13/h2-4,6-9H,5,17H2,1H3. The molecule has 19 heavy (non-hydrogen) atoms. The van der Waals surface area contributed by atoms with Gasteiger partial charge in [0.25, 0.3) is 0 Å². The van der Waals surface area contributed by atoms with Crippen LogP contribution >= 0.6 is 0 Å². The summed E-state index contributed by atoms with van der Waals surface area (Å²) >= 11 is 0. The predicted molar refractivity (Wildman–Crippen MR) is 68.0 cm³/mol. The van der Waals surface area contributed by atoms with Crippen molar-refractivity contribution in [2.75, 3.05) is 0 Å². The lowest BCUT2D eigenvalue weighted by Gasteiger charge is -2.11. The van der Waals surface area contributed by atoms with Crippen molar-refractivity contribution in [2.24, 2.45) is 5.73 Å². The van der Waals surface area contributed by atoms with Gasteiger partial charge in [-0.3, -0.25) is 0 Å². The smallest absolute Gasteiger partial charge is 0.222 e. The first kappa shape index (κ1) is 13.4. The van der Waals surface area contributed by atoms with E-state index < -0.39 is 11.6 Å². The van der Waals surface area contributed by atoms with Gasteiger partial charge in [0.2, 0.25) is 5.88 Å². The molecule has 0 aliphatic heterocycles. The van der Waals surface area contributed by atoms with Crippen LogP contribution in [0, 0.1) is 11.6 Å². The quantitative estimate of drug-likeness (QED) is 0.923. The maximum absolute atomic E-state index is 13.1. The first-order valence-corrected chi connectivity index (χ1v) is 5.88. The van der Waals surface area contributed by atoms with Gasteiger partial charge in [0.1, 0.15) is 17.4 Å². The highest BCUT2D eigenvalue weighted by Crippen LogP contribution is 2.25. The molecule has 0 aliphatic carbocycles. The van der Waals surface area contributed by atoms with Gasteiger partial charge in [-0.2, -0.15) is 0 Å². The molecule has 1 aromatic carbocycles. The molecule has 0 saturated heterocycles. The van der Waals surface area contributed by atoms with E-state index in [1.165, 1.54) is 0 Å². The summed E-state index contributed by atoms with van der Waals surface area (Å²) in [6.45, 7) is 1.86. The lowest BCUT2D eigenvalue weighted by atomic mass is 10.1. The lowest BCUT2D eigenvalue weighted by Crippen LogP contribution is -2.18. The number of hydrogen-bond acceptors (Lipinski definition) is 3. The Bertz CT molecular complexity index is 553. The second kappa shape index (κ2) is 5.75. The Labute approximate surface area is 110 Å². The summed E-state index contributed by atoms with van der Waals surface area (Å²) < 4.78 is 31.6. The molecule has 0 amide bonds. The second-order valence-corrected chi connectivity index (χ2v) is 4.36. The summed E-state index contributed by atoms with van der Waals surface area (Å²) in [5.41, 5.74) is 6.53. The molecular formula is C14H14F2N2O. The van der Waals surface area contributed by atoms with Crippen LogP contribution in [0.3, 0.4) is 0 Å². The third-order valence-electron chi connectivity index (χ3n) is 2.44. The van der Waals surface area contributed by atoms with E-state index in [0.29, 0.717) is 12.3 Å². The second-order valence-electron chi connectivity index (χ2n) is 4.36. The van der Waals surface area contributed by atoms with E-state index in [-0.39, 0.29) is 11.8 Å². The molecule has 0 saturated carbocycles. The van der Waals surface area contributed by atoms with E-state index in [4.69, 9.17) is 10.5 Å². The van der Waals surface area contributed by atoms with Gasteiger partial charge in [-0.05, 0) is 19.4 Å². The van der Waals surface area contributed by atoms with Crippen LogP contribution in [0.5, 0.6) is 11.6 Å². The van der Waals surface area contributed by atoms with Crippen LogP contribution in [0.4, 0.5) is 8.78 Å². The number of nitrogens with two attached hydrogens (primary N) is 1. The van der Waals surface area contributed by atoms with Gasteiger partial charge in [0.15, 0.2) is 0 Å². The molecule has 0 spiro atoms. The molecule has 5 heteroatoms. The molecular weight excluding hydrogens is 250 g/mol. The number of halogens is 2. The van der Waals surface area contributed by atoms with Crippen molar-refractivity contribution in [1.82, 2.24) is 4.98 Å². The highest BCUT2D eigenvalue weighted by atomic mass is 19.1. The maximum atomic E-state index is 13.1. The normalized spacial score (nSPS) is 12.2. The number of nitrogens with zero attached hydrogens (tertiary/aromatic N) is 1. The van der Waals surface area contributed by atoms with Crippen molar-refractivity contribution >= 4 is 0 Å². The molecule has 0 bridgehead atoms. The van der Waals surface area contributed by atoms with Crippen LogP contribution < -0.4 is 10.5 Å². The molecule has 2 rings (SSSR count). The van der Waals surface area contributed by atoms with Crippen LogP contribution in [0.1, 0.15) is 12.5 Å². The Kier molecular flexibility index (Phi) is 4.06. The van der Waals surface area contributed by atoms with Crippen LogP contribution in [-0.2, 0) is 6.42 Å². The Morgan fingerprint density at radius 3 is 2.58 bits per heavy atom. The number of hydrogen-bond donors (Lipinski definition) is 1. The first-order valence-electron chi connectivity index (χ1n) is 5.88. The zero-order valence-corrected chi connectivity index (χ0v) is 10.4. The summed E-state index contributed by atoms with van der Waals surface area (Å²) in [5, 5.41) is 0. The van der Waals surface area contributed by atoms with E-state index in [9.17, 15) is 8.78 Å². The number of rotatable bonds is 4. The van der Waals surface area contributed by atoms with Crippen LogP contribution in [-0.4, -0.2) is 11.0 Å². The minimum atomic E-state index is -0.695. The van der Waals surface area contributed by atoms with Gasteiger partial charge in [-0.25, -0.2) is 13.8 Å². The SMILES string of the molecule is CC(N)Cc1cccnc1Oc1cc(F)cc(F)c1. The Hall–Kier alpha value is -2.01. The van der Waals surface area contributed by atoms with Crippen LogP contribution in [0.15, 0.2) is 36.5 Å². The van der Waals surface area contributed by atoms with Crippen molar-refractivity contribution in [2.45, 2.75) is 19.4 Å². The number of aromatic nitrogens is 1. The molecule has 0 radical (unpaired) electrons. The number of ether oxygens (including phenoxy) is 1. The van der Waals surface area contributed by atoms with Gasteiger partial charge < -0.3 is 10.5 Å². The molecule has 1 atom stereocenters. The van der Waals surface area contributed by atoms with E-state index >= 15 is 0 Å². The lowest BCUT2D eigenvalue weighted by molar-refractivity contribution is 0.443. The van der Waals surface area contributed by atoms with Gasteiger partial charge in [0.05, 0.1) is 0 Å². The summed E-state index contributed by atoms with van der Waals surface area (Å²) in [5.74, 6) is -1.01. The van der Waals surface area contributed by atoms with E-state index in [1.807, 2.05) is 13.0 Å². The molecule has 0 fully saturated rings. The fourth-order valence-electron chi connectivity index (χ4n) is 1.72. The maximum Gasteiger partial charge on any atom is 0.222 e. The van der Waals surface area contributed by atoms with Gasteiger partial charge in [-0.15, -0.1) is 0 Å². The van der Waals surface area contributed by atoms with Gasteiger partial charge in [-0.1, -0.05) is 6.07 Å². The number of benzene rings is 1. The molecule has 2 aromatic rings. The third kappa shape index (κ3) is 3.72. The summed E-state index contributed by atoms with van der Waals surface area (Å²) in [6.07, 6.45) is 2.12. The Morgan fingerprint density at radius 1 is 1.26 bits per heavy atom. The monoisotopic (exact) mass is 264 g/mol. The van der Waals surface area contributed by atoms with Crippen molar-refractivity contribution in [3.8, 4) is 11.6 Å².